The van der Waals surface area contributed by atoms with Crippen LogP contribution in [-0.2, 0) is 9.47 Å². The third-order valence-electron chi connectivity index (χ3n) is 2.37. The molecule has 0 saturated carbocycles. The van der Waals surface area contributed by atoms with Crippen molar-refractivity contribution in [2.24, 2.45) is 0 Å². The number of hydrazine groups is 1. The van der Waals surface area contributed by atoms with Crippen molar-refractivity contribution in [1.29, 1.82) is 0 Å². The molecule has 0 saturated heterocycles. The number of nitrogens with one attached hydrogen (secondary N) is 1. The Hall–Kier alpha value is -2.09. The summed E-state index contributed by atoms with van der Waals surface area (Å²) in [5.41, 5.74) is 2.30. The van der Waals surface area contributed by atoms with Gasteiger partial charge in [0.15, 0.2) is 0 Å². The topological polar surface area (TPSA) is 84.9 Å². The Labute approximate surface area is 143 Å². The van der Waals surface area contributed by atoms with E-state index in [4.69, 9.17) is 9.47 Å². The maximum Gasteiger partial charge on any atom is 0.436 e. The molecule has 1 aromatic rings. The number of rotatable bonds is 3. The normalized spacial score (nSPS) is 10.4. The van der Waals surface area contributed by atoms with Crippen LogP contribution in [0.1, 0.15) is 38.1 Å². The molecule has 1 aromatic carbocycles. The van der Waals surface area contributed by atoms with Gasteiger partial charge >= 0.3 is 12.2 Å². The quantitative estimate of drug-likeness (QED) is 0.803. The largest absolute Gasteiger partial charge is 0.446 e. The zero-order valence-electron chi connectivity index (χ0n) is 13.3. The molecule has 0 fully saturated rings. The lowest BCUT2D eigenvalue weighted by atomic mass is 10.2. The average Bonchev–Trinajstić information content (AvgIpc) is 2.43. The Bertz CT molecular complexity index is 589. The first kappa shape index (κ1) is 19.0. The van der Waals surface area contributed by atoms with Gasteiger partial charge in [0.05, 0.1) is 17.8 Å². The molecule has 0 spiro atoms. The van der Waals surface area contributed by atoms with Crippen LogP contribution in [0.3, 0.4) is 0 Å². The third kappa shape index (κ3) is 5.90. The second-order valence-electron chi connectivity index (χ2n) is 5.12. The Morgan fingerprint density at radius 3 is 2.13 bits per heavy atom. The van der Waals surface area contributed by atoms with Gasteiger partial charge < -0.3 is 9.47 Å². The first-order valence-electron chi connectivity index (χ1n) is 6.99. The van der Waals surface area contributed by atoms with Gasteiger partial charge in [0.25, 0.3) is 5.91 Å². The number of benzene rings is 1. The van der Waals surface area contributed by atoms with Crippen molar-refractivity contribution < 1.29 is 23.9 Å². The van der Waals surface area contributed by atoms with Crippen molar-refractivity contribution in [2.45, 2.75) is 39.9 Å². The second-order valence-corrected chi connectivity index (χ2v) is 5.97. The van der Waals surface area contributed by atoms with Crippen LogP contribution >= 0.6 is 15.9 Å². The molecule has 1 N–H and O–H groups in total. The van der Waals surface area contributed by atoms with Crippen molar-refractivity contribution in [1.82, 2.24) is 10.4 Å². The van der Waals surface area contributed by atoms with Crippen LogP contribution in [0.4, 0.5) is 9.59 Å². The fraction of sp³-hybridized carbons (Fsp3) is 0.400. The highest BCUT2D eigenvalue weighted by molar-refractivity contribution is 9.10. The first-order valence-corrected chi connectivity index (χ1v) is 7.78. The van der Waals surface area contributed by atoms with Crippen molar-refractivity contribution in [2.75, 3.05) is 0 Å². The number of amides is 3. The number of ether oxygens (including phenoxy) is 2. The van der Waals surface area contributed by atoms with E-state index < -0.39 is 30.3 Å². The monoisotopic (exact) mass is 386 g/mol. The molecule has 0 unspecified atom stereocenters. The van der Waals surface area contributed by atoms with Gasteiger partial charge in [-0.05, 0) is 55.8 Å². The van der Waals surface area contributed by atoms with E-state index in [0.29, 0.717) is 9.48 Å². The second kappa shape index (κ2) is 8.52. The minimum Gasteiger partial charge on any atom is -0.446 e. The Balaban J connectivity index is 3.03. The molecule has 0 aliphatic rings. The molecule has 7 nitrogen and oxygen atoms in total. The Kier molecular flexibility index (Phi) is 7.02. The van der Waals surface area contributed by atoms with Crippen LogP contribution in [0.2, 0.25) is 0 Å². The van der Waals surface area contributed by atoms with E-state index >= 15 is 0 Å². The number of hydrogen-bond acceptors (Lipinski definition) is 5. The lowest BCUT2D eigenvalue weighted by Gasteiger charge is -2.22. The van der Waals surface area contributed by atoms with E-state index in [9.17, 15) is 14.4 Å². The lowest BCUT2D eigenvalue weighted by Crippen LogP contribution is -2.51. The maximum absolute atomic E-state index is 12.5. The molecule has 0 bridgehead atoms. The van der Waals surface area contributed by atoms with Crippen LogP contribution < -0.4 is 5.43 Å². The fourth-order valence-electron chi connectivity index (χ4n) is 1.52. The Morgan fingerprint density at radius 1 is 1.04 bits per heavy atom. The predicted octanol–water partition coefficient (Wildman–Crippen LogP) is 3.49. The summed E-state index contributed by atoms with van der Waals surface area (Å²) in [5, 5.41) is 0.491. The summed E-state index contributed by atoms with van der Waals surface area (Å²) in [6.07, 6.45) is -2.79. The molecule has 23 heavy (non-hydrogen) atoms. The minimum absolute atomic E-state index is 0.193. The molecule has 1 rings (SSSR count). The van der Waals surface area contributed by atoms with E-state index in [0.717, 1.165) is 0 Å². The number of hydrogen-bond donors (Lipinski definition) is 1. The van der Waals surface area contributed by atoms with Crippen LogP contribution in [0.5, 0.6) is 0 Å². The molecule has 0 aliphatic carbocycles. The number of halogens is 1. The van der Waals surface area contributed by atoms with Crippen LogP contribution in [0.15, 0.2) is 28.7 Å². The van der Waals surface area contributed by atoms with Gasteiger partial charge in [-0.1, -0.05) is 12.1 Å². The number of carbonyl (C=O) groups excluding carboxylic acids is 3. The molecule has 0 heterocycles. The number of imide groups is 1. The van der Waals surface area contributed by atoms with E-state index in [1.165, 1.54) is 6.07 Å². The highest BCUT2D eigenvalue weighted by Crippen LogP contribution is 2.18. The summed E-state index contributed by atoms with van der Waals surface area (Å²) in [7, 11) is 0. The SMILES string of the molecule is CC(C)OC(=O)NN(C(=O)OC(C)C)C(=O)c1ccccc1Br. The molecular weight excluding hydrogens is 368 g/mol. The summed E-state index contributed by atoms with van der Waals surface area (Å²) in [6, 6.07) is 6.51. The fourth-order valence-corrected chi connectivity index (χ4v) is 1.97. The third-order valence-corrected chi connectivity index (χ3v) is 3.06. The van der Waals surface area contributed by atoms with Crippen LogP contribution in [-0.4, -0.2) is 35.3 Å². The number of nitrogens with zero attached hydrogens (tertiary/aromatic N) is 1. The molecule has 8 heteroatoms. The van der Waals surface area contributed by atoms with Crippen molar-refractivity contribution >= 4 is 34.0 Å². The highest BCUT2D eigenvalue weighted by Gasteiger charge is 2.29. The molecule has 3 amide bonds. The Morgan fingerprint density at radius 2 is 1.61 bits per heavy atom. The molecule has 0 radical (unpaired) electrons. The van der Waals surface area contributed by atoms with Crippen LogP contribution in [0, 0.1) is 0 Å². The minimum atomic E-state index is -0.999. The summed E-state index contributed by atoms with van der Waals surface area (Å²) in [6.45, 7) is 6.55. The van der Waals surface area contributed by atoms with Gasteiger partial charge in [-0.15, -0.1) is 5.01 Å². The molecule has 0 aromatic heterocycles. The summed E-state index contributed by atoms with van der Waals surface area (Å²) in [4.78, 5) is 36.4. The van der Waals surface area contributed by atoms with E-state index in [1.807, 2.05) is 0 Å². The van der Waals surface area contributed by atoms with Crippen LogP contribution in [0.25, 0.3) is 0 Å². The van der Waals surface area contributed by atoms with Gasteiger partial charge in [0.1, 0.15) is 0 Å². The zero-order chi connectivity index (χ0) is 17.6. The predicted molar refractivity (Wildman–Crippen MR) is 86.7 cm³/mol. The smallest absolute Gasteiger partial charge is 0.436 e. The standard InChI is InChI=1S/C15H19BrN2O5/c1-9(2)22-14(20)17-18(15(21)23-10(3)4)13(19)11-7-5-6-8-12(11)16/h5-10H,1-4H3,(H,17,20). The van der Waals surface area contributed by atoms with E-state index in [2.05, 4.69) is 21.4 Å². The summed E-state index contributed by atoms with van der Waals surface area (Å²) in [5.74, 6) is -0.746. The van der Waals surface area contributed by atoms with Crippen molar-refractivity contribution in [3.63, 3.8) is 0 Å². The van der Waals surface area contributed by atoms with Crippen molar-refractivity contribution in [3.05, 3.63) is 34.3 Å². The van der Waals surface area contributed by atoms with Gasteiger partial charge in [-0.3, -0.25) is 4.79 Å². The molecule has 0 atom stereocenters. The van der Waals surface area contributed by atoms with Gasteiger partial charge in [-0.2, -0.15) is 0 Å². The summed E-state index contributed by atoms with van der Waals surface area (Å²) < 4.78 is 10.3. The number of carbonyl (C=O) groups is 3. The van der Waals surface area contributed by atoms with E-state index in [1.54, 1.807) is 45.9 Å². The van der Waals surface area contributed by atoms with Gasteiger partial charge in [0.2, 0.25) is 0 Å². The molecule has 126 valence electrons. The zero-order valence-corrected chi connectivity index (χ0v) is 14.9. The first-order chi connectivity index (χ1) is 10.7. The summed E-state index contributed by atoms with van der Waals surface area (Å²) >= 11 is 3.23. The molecule has 0 aliphatic heterocycles. The van der Waals surface area contributed by atoms with E-state index in [-0.39, 0.29) is 5.56 Å². The van der Waals surface area contributed by atoms with Gasteiger partial charge in [0, 0.05) is 4.47 Å². The highest BCUT2D eigenvalue weighted by atomic mass is 79.9. The van der Waals surface area contributed by atoms with Gasteiger partial charge in [-0.25, -0.2) is 15.0 Å². The lowest BCUT2D eigenvalue weighted by molar-refractivity contribution is 0.0382. The van der Waals surface area contributed by atoms with Crippen molar-refractivity contribution in [3.8, 4) is 0 Å². The maximum atomic E-state index is 12.5. The molecular formula is C15H19BrN2O5. The average molecular weight is 387 g/mol.